The van der Waals surface area contributed by atoms with Gasteiger partial charge in [-0.2, -0.15) is 13.2 Å². The zero-order valence-corrected chi connectivity index (χ0v) is 15.8. The molecule has 0 aromatic heterocycles. The van der Waals surface area contributed by atoms with Gasteiger partial charge in [-0.1, -0.05) is 44.2 Å². The number of alkyl halides is 3. The molecule has 150 valence electrons. The molecule has 0 aliphatic heterocycles. The molecule has 7 heteroatoms. The normalized spacial score (nSPS) is 34.3. The van der Waals surface area contributed by atoms with Gasteiger partial charge in [-0.25, -0.2) is 4.79 Å². The second kappa shape index (κ2) is 6.21. The van der Waals surface area contributed by atoms with Gasteiger partial charge in [0.05, 0.1) is 0 Å². The maximum Gasteiger partial charge on any atom is 0.432 e. The van der Waals surface area contributed by atoms with E-state index in [1.165, 1.54) is 31.2 Å². The first-order valence-electron chi connectivity index (χ1n) is 9.00. The third-order valence-corrected chi connectivity index (χ3v) is 6.75. The molecule has 5 atom stereocenters. The first-order valence-corrected chi connectivity index (χ1v) is 9.00. The van der Waals surface area contributed by atoms with E-state index in [1.807, 2.05) is 13.8 Å². The molecule has 1 aromatic rings. The summed E-state index contributed by atoms with van der Waals surface area (Å²) in [6.07, 6.45) is -4.93. The maximum atomic E-state index is 14.0. The molecule has 0 unspecified atom stereocenters. The predicted molar refractivity (Wildman–Crippen MR) is 91.7 cm³/mol. The van der Waals surface area contributed by atoms with Crippen molar-refractivity contribution in [2.45, 2.75) is 57.1 Å². The van der Waals surface area contributed by atoms with Crippen molar-refractivity contribution in [3.63, 3.8) is 0 Å². The SMILES string of the molecule is CO[C@](C(=O)O[C@@H]1C[C@@H]2C[C@@H](C2(C)C)[C@]1(C)O)(c1ccccc1)C(F)(F)F. The average Bonchev–Trinajstić information content (AvgIpc) is 2.56. The van der Waals surface area contributed by atoms with E-state index in [0.29, 0.717) is 6.42 Å². The van der Waals surface area contributed by atoms with Crippen molar-refractivity contribution in [1.82, 2.24) is 0 Å². The zero-order chi connectivity index (χ0) is 20.3. The summed E-state index contributed by atoms with van der Waals surface area (Å²) in [5.74, 6) is -1.49. The molecular weight excluding hydrogens is 361 g/mol. The van der Waals surface area contributed by atoms with E-state index in [-0.39, 0.29) is 22.8 Å². The minimum atomic E-state index is -5.02. The van der Waals surface area contributed by atoms with Gasteiger partial charge >= 0.3 is 12.1 Å². The van der Waals surface area contributed by atoms with E-state index in [9.17, 15) is 23.1 Å². The summed E-state index contributed by atoms with van der Waals surface area (Å²) < 4.78 is 52.0. The molecule has 3 aliphatic rings. The quantitative estimate of drug-likeness (QED) is 0.800. The molecule has 0 saturated heterocycles. The Morgan fingerprint density at radius 1 is 1.15 bits per heavy atom. The lowest BCUT2D eigenvalue weighted by Crippen LogP contribution is -2.68. The molecule has 4 nitrogen and oxygen atoms in total. The van der Waals surface area contributed by atoms with Crippen LogP contribution in [0.2, 0.25) is 0 Å². The Morgan fingerprint density at radius 2 is 1.74 bits per heavy atom. The Kier molecular flexibility index (Phi) is 4.63. The van der Waals surface area contributed by atoms with Crippen molar-refractivity contribution < 1.29 is 32.5 Å². The van der Waals surface area contributed by atoms with Gasteiger partial charge in [0.25, 0.3) is 5.60 Å². The summed E-state index contributed by atoms with van der Waals surface area (Å²) in [7, 11) is 0.835. The number of hydrogen-bond donors (Lipinski definition) is 1. The van der Waals surface area contributed by atoms with E-state index in [0.717, 1.165) is 13.5 Å². The number of benzene rings is 1. The van der Waals surface area contributed by atoms with Crippen molar-refractivity contribution >= 4 is 5.97 Å². The van der Waals surface area contributed by atoms with E-state index < -0.39 is 29.5 Å². The van der Waals surface area contributed by atoms with Crippen LogP contribution in [0, 0.1) is 17.3 Å². The van der Waals surface area contributed by atoms with Crippen LogP contribution < -0.4 is 0 Å². The standard InChI is InChI=1S/C20H25F3O4/c1-17(2)13-10-14(17)18(3,25)15(11-13)27-16(24)19(26-4,20(21,22)23)12-8-6-5-7-9-12/h5-9,13-15,25H,10-11H2,1-4H3/t13-,14-,15+,18-,19-/m0/s1. The molecular formula is C20H25F3O4. The second-order valence-corrected chi connectivity index (χ2v) is 8.41. The molecule has 0 spiro atoms. The third kappa shape index (κ3) is 2.78. The molecule has 0 amide bonds. The minimum absolute atomic E-state index is 0.131. The molecule has 1 aromatic carbocycles. The van der Waals surface area contributed by atoms with E-state index in [2.05, 4.69) is 0 Å². The second-order valence-electron chi connectivity index (χ2n) is 8.41. The average molecular weight is 386 g/mol. The van der Waals surface area contributed by atoms with E-state index >= 15 is 0 Å². The Balaban J connectivity index is 1.93. The first kappa shape index (κ1) is 20.1. The molecule has 3 aliphatic carbocycles. The number of carbonyl (C=O) groups excluding carboxylic acids is 1. The summed E-state index contributed by atoms with van der Waals surface area (Å²) in [6.45, 7) is 5.59. The van der Waals surface area contributed by atoms with Gasteiger partial charge < -0.3 is 14.6 Å². The predicted octanol–water partition coefficient (Wildman–Crippen LogP) is 3.82. The lowest BCUT2D eigenvalue weighted by atomic mass is 9.43. The largest absolute Gasteiger partial charge is 0.457 e. The molecule has 0 radical (unpaired) electrons. The van der Waals surface area contributed by atoms with Crippen LogP contribution in [0.4, 0.5) is 13.2 Å². The summed E-state index contributed by atoms with van der Waals surface area (Å²) >= 11 is 0. The fourth-order valence-corrected chi connectivity index (χ4v) is 4.90. The highest BCUT2D eigenvalue weighted by Crippen LogP contribution is 2.63. The van der Waals surface area contributed by atoms with Crippen LogP contribution in [0.3, 0.4) is 0 Å². The Bertz CT molecular complexity index is 714. The maximum absolute atomic E-state index is 14.0. The van der Waals surface area contributed by atoms with Crippen molar-refractivity contribution in [2.24, 2.45) is 17.3 Å². The monoisotopic (exact) mass is 386 g/mol. The van der Waals surface area contributed by atoms with Gasteiger partial charge in [-0.05, 0) is 37.0 Å². The van der Waals surface area contributed by atoms with Gasteiger partial charge in [0, 0.05) is 12.7 Å². The van der Waals surface area contributed by atoms with Crippen LogP contribution in [-0.2, 0) is 19.9 Å². The van der Waals surface area contributed by atoms with Crippen molar-refractivity contribution in [3.8, 4) is 0 Å². The van der Waals surface area contributed by atoms with Gasteiger partial charge in [-0.15, -0.1) is 0 Å². The van der Waals surface area contributed by atoms with Crippen LogP contribution in [0.15, 0.2) is 30.3 Å². The molecule has 0 heterocycles. The van der Waals surface area contributed by atoms with Crippen molar-refractivity contribution in [1.29, 1.82) is 0 Å². The van der Waals surface area contributed by atoms with Crippen LogP contribution in [0.1, 0.15) is 39.2 Å². The topological polar surface area (TPSA) is 55.8 Å². The highest BCUT2D eigenvalue weighted by molar-refractivity contribution is 5.83. The number of rotatable bonds is 4. The van der Waals surface area contributed by atoms with Gasteiger partial charge in [0.1, 0.15) is 11.7 Å². The van der Waals surface area contributed by atoms with E-state index in [1.54, 1.807) is 6.07 Å². The van der Waals surface area contributed by atoms with E-state index in [4.69, 9.17) is 9.47 Å². The molecule has 3 saturated carbocycles. The number of carbonyl (C=O) groups is 1. The summed E-state index contributed by atoms with van der Waals surface area (Å²) in [6, 6.07) is 6.70. The summed E-state index contributed by atoms with van der Waals surface area (Å²) in [5, 5.41) is 10.9. The van der Waals surface area contributed by atoms with Gasteiger partial charge in [-0.3, -0.25) is 0 Å². The van der Waals surface area contributed by atoms with Gasteiger partial charge in [0.2, 0.25) is 0 Å². The molecule has 1 N–H and O–H groups in total. The van der Waals surface area contributed by atoms with Crippen LogP contribution in [-0.4, -0.2) is 36.1 Å². The summed E-state index contributed by atoms with van der Waals surface area (Å²) in [5.41, 5.74) is -5.11. The fraction of sp³-hybridized carbons (Fsp3) is 0.650. The summed E-state index contributed by atoms with van der Waals surface area (Å²) in [4.78, 5) is 12.8. The smallest absolute Gasteiger partial charge is 0.432 e. The lowest BCUT2D eigenvalue weighted by molar-refractivity contribution is -0.294. The third-order valence-electron chi connectivity index (χ3n) is 6.75. The zero-order valence-electron chi connectivity index (χ0n) is 15.8. The highest BCUT2D eigenvalue weighted by Gasteiger charge is 2.67. The number of ether oxygens (including phenoxy) is 2. The molecule has 27 heavy (non-hydrogen) atoms. The van der Waals surface area contributed by atoms with Crippen molar-refractivity contribution in [3.05, 3.63) is 35.9 Å². The van der Waals surface area contributed by atoms with Crippen LogP contribution >= 0.6 is 0 Å². The number of fused-ring (bicyclic) bond motifs is 2. The molecule has 4 rings (SSSR count). The number of halogens is 3. The van der Waals surface area contributed by atoms with Crippen LogP contribution in [0.25, 0.3) is 0 Å². The number of methoxy groups -OCH3 is 1. The highest BCUT2D eigenvalue weighted by atomic mass is 19.4. The number of aliphatic hydroxyl groups is 1. The van der Waals surface area contributed by atoms with Gasteiger partial charge in [0.15, 0.2) is 0 Å². The van der Waals surface area contributed by atoms with Crippen LogP contribution in [0.5, 0.6) is 0 Å². The fourth-order valence-electron chi connectivity index (χ4n) is 4.90. The molecule has 2 bridgehead atoms. The Labute approximate surface area is 156 Å². The minimum Gasteiger partial charge on any atom is -0.457 e. The Hall–Kier alpha value is -1.60. The number of esters is 1. The number of hydrogen-bond acceptors (Lipinski definition) is 4. The first-order chi connectivity index (χ1) is 12.4. The van der Waals surface area contributed by atoms with Crippen molar-refractivity contribution in [2.75, 3.05) is 7.11 Å². The molecule has 3 fully saturated rings. The lowest BCUT2D eigenvalue weighted by Gasteiger charge is -2.64. The Morgan fingerprint density at radius 3 is 2.19 bits per heavy atom.